The number of rotatable bonds is 2. The Morgan fingerprint density at radius 1 is 1.38 bits per heavy atom. The highest BCUT2D eigenvalue weighted by Crippen LogP contribution is 2.49. The zero-order valence-electron chi connectivity index (χ0n) is 9.83. The second kappa shape index (κ2) is 3.20. The zero-order chi connectivity index (χ0) is 11.3. The smallest absolute Gasteiger partial charge is 0.146 e. The van der Waals surface area contributed by atoms with E-state index in [1.165, 1.54) is 23.1 Å². The lowest BCUT2D eigenvalue weighted by Crippen LogP contribution is -2.00. The molecule has 1 heterocycles. The third-order valence-electron chi connectivity index (χ3n) is 3.48. The van der Waals surface area contributed by atoms with Crippen LogP contribution in [0.1, 0.15) is 30.3 Å². The topological polar surface area (TPSA) is 22.1 Å². The summed E-state index contributed by atoms with van der Waals surface area (Å²) in [4.78, 5) is 4.52. The summed E-state index contributed by atoms with van der Waals surface area (Å²) in [6, 6.07) is 4.45. The Morgan fingerprint density at radius 2 is 2.12 bits per heavy atom. The van der Waals surface area contributed by atoms with Crippen LogP contribution < -0.4 is 4.74 Å². The van der Waals surface area contributed by atoms with Gasteiger partial charge in [0.05, 0.1) is 16.8 Å². The number of benzene rings is 1. The van der Waals surface area contributed by atoms with Crippen molar-refractivity contribution >= 4 is 21.6 Å². The molecule has 3 heteroatoms. The molecule has 0 atom stereocenters. The maximum atomic E-state index is 5.45. The van der Waals surface area contributed by atoms with Crippen LogP contribution in [0.25, 0.3) is 10.2 Å². The molecule has 1 aromatic carbocycles. The van der Waals surface area contributed by atoms with E-state index in [-0.39, 0.29) is 0 Å². The highest BCUT2D eigenvalue weighted by molar-refractivity contribution is 7.18. The van der Waals surface area contributed by atoms with Crippen molar-refractivity contribution in [3.8, 4) is 5.75 Å². The fourth-order valence-electron chi connectivity index (χ4n) is 2.09. The van der Waals surface area contributed by atoms with Crippen LogP contribution in [0.5, 0.6) is 5.75 Å². The summed E-state index contributed by atoms with van der Waals surface area (Å²) in [6.07, 6.45) is 2.58. The van der Waals surface area contributed by atoms with Crippen LogP contribution in [0.2, 0.25) is 0 Å². The van der Waals surface area contributed by atoms with Crippen molar-refractivity contribution in [2.24, 2.45) is 0 Å². The predicted molar refractivity (Wildman–Crippen MR) is 67.5 cm³/mol. The molecular formula is C13H15NOS. The largest absolute Gasteiger partial charge is 0.494 e. The van der Waals surface area contributed by atoms with Gasteiger partial charge >= 0.3 is 0 Å². The van der Waals surface area contributed by atoms with Crippen molar-refractivity contribution in [2.75, 3.05) is 7.11 Å². The first-order chi connectivity index (χ1) is 7.62. The normalized spacial score (nSPS) is 17.7. The molecule has 0 aliphatic heterocycles. The molecular weight excluding hydrogens is 218 g/mol. The number of thiazole rings is 1. The Kier molecular flexibility index (Phi) is 2.02. The summed E-state index contributed by atoms with van der Waals surface area (Å²) in [5, 5.41) is 1.10. The van der Waals surface area contributed by atoms with Gasteiger partial charge in [0.15, 0.2) is 0 Å². The minimum Gasteiger partial charge on any atom is -0.494 e. The summed E-state index contributed by atoms with van der Waals surface area (Å²) in [6.45, 7) is 4.37. The minimum absolute atomic E-state index is 0.388. The van der Waals surface area contributed by atoms with Crippen LogP contribution in [0.3, 0.4) is 0 Å². The average Bonchev–Trinajstić information content (AvgIpc) is 2.89. The van der Waals surface area contributed by atoms with Gasteiger partial charge in [-0.1, -0.05) is 6.92 Å². The third-order valence-corrected chi connectivity index (χ3v) is 4.40. The lowest BCUT2D eigenvalue weighted by molar-refractivity contribution is 0.418. The molecule has 2 nitrogen and oxygen atoms in total. The number of aryl methyl sites for hydroxylation is 1. The van der Waals surface area contributed by atoms with Gasteiger partial charge < -0.3 is 4.74 Å². The summed E-state index contributed by atoms with van der Waals surface area (Å²) >= 11 is 1.75. The van der Waals surface area contributed by atoms with Crippen molar-refractivity contribution in [2.45, 2.75) is 32.1 Å². The van der Waals surface area contributed by atoms with Gasteiger partial charge in [0.25, 0.3) is 0 Å². The molecule has 1 aromatic heterocycles. The van der Waals surface area contributed by atoms with E-state index >= 15 is 0 Å². The Balaban J connectivity index is 2.25. The van der Waals surface area contributed by atoms with E-state index in [1.807, 2.05) is 6.92 Å². The average molecular weight is 233 g/mol. The molecule has 3 rings (SSSR count). The first-order valence-corrected chi connectivity index (χ1v) is 6.40. The molecule has 16 heavy (non-hydrogen) atoms. The first-order valence-electron chi connectivity index (χ1n) is 5.58. The van der Waals surface area contributed by atoms with Gasteiger partial charge in [-0.15, -0.1) is 11.3 Å². The first kappa shape index (κ1) is 10.1. The minimum atomic E-state index is 0.388. The van der Waals surface area contributed by atoms with E-state index in [2.05, 4.69) is 24.0 Å². The van der Waals surface area contributed by atoms with Gasteiger partial charge in [-0.2, -0.15) is 0 Å². The number of ether oxygens (including phenoxy) is 1. The maximum Gasteiger partial charge on any atom is 0.146 e. The van der Waals surface area contributed by atoms with Crippen LogP contribution in [-0.4, -0.2) is 12.1 Å². The molecule has 0 spiro atoms. The Morgan fingerprint density at radius 3 is 2.75 bits per heavy atom. The molecule has 84 valence electrons. The number of fused-ring (bicyclic) bond motifs is 1. The standard InChI is InChI=1S/C13H15NOS/c1-8-14-12-10(15-3)6-9(7-11(12)16-8)13(2)4-5-13/h6-7H,4-5H2,1-3H3. The molecule has 0 radical (unpaired) electrons. The quantitative estimate of drug-likeness (QED) is 0.789. The zero-order valence-corrected chi connectivity index (χ0v) is 10.6. The Bertz CT molecular complexity index is 554. The number of hydrogen-bond donors (Lipinski definition) is 0. The van der Waals surface area contributed by atoms with E-state index in [1.54, 1.807) is 18.4 Å². The molecule has 0 bridgehead atoms. The maximum absolute atomic E-state index is 5.45. The molecule has 0 unspecified atom stereocenters. The molecule has 1 fully saturated rings. The predicted octanol–water partition coefficient (Wildman–Crippen LogP) is 3.66. The highest BCUT2D eigenvalue weighted by atomic mass is 32.1. The Labute approximate surface area is 99.3 Å². The SMILES string of the molecule is COc1cc(C2(C)CC2)cc2sc(C)nc12. The van der Waals surface area contributed by atoms with Crippen molar-refractivity contribution in [1.29, 1.82) is 0 Å². The second-order valence-electron chi connectivity index (χ2n) is 4.82. The van der Waals surface area contributed by atoms with E-state index in [9.17, 15) is 0 Å². The van der Waals surface area contributed by atoms with Crippen molar-refractivity contribution < 1.29 is 4.74 Å². The van der Waals surface area contributed by atoms with Gasteiger partial charge in [0.1, 0.15) is 11.3 Å². The van der Waals surface area contributed by atoms with Gasteiger partial charge in [-0.3, -0.25) is 0 Å². The third kappa shape index (κ3) is 1.42. The van der Waals surface area contributed by atoms with Gasteiger partial charge in [-0.25, -0.2) is 4.98 Å². The van der Waals surface area contributed by atoms with E-state index < -0.39 is 0 Å². The number of hydrogen-bond acceptors (Lipinski definition) is 3. The molecule has 1 aliphatic rings. The van der Waals surface area contributed by atoms with Gasteiger partial charge in [0, 0.05) is 0 Å². The van der Waals surface area contributed by atoms with Crippen molar-refractivity contribution in [1.82, 2.24) is 4.98 Å². The monoisotopic (exact) mass is 233 g/mol. The van der Waals surface area contributed by atoms with E-state index in [0.717, 1.165) is 16.3 Å². The van der Waals surface area contributed by atoms with Crippen LogP contribution >= 0.6 is 11.3 Å². The fraction of sp³-hybridized carbons (Fsp3) is 0.462. The molecule has 0 N–H and O–H groups in total. The van der Waals surface area contributed by atoms with E-state index in [4.69, 9.17) is 4.74 Å². The number of methoxy groups -OCH3 is 1. The second-order valence-corrected chi connectivity index (χ2v) is 6.05. The fourth-order valence-corrected chi connectivity index (χ4v) is 2.97. The molecule has 2 aromatic rings. The van der Waals surface area contributed by atoms with E-state index in [0.29, 0.717) is 5.41 Å². The lowest BCUT2D eigenvalue weighted by atomic mass is 9.98. The lowest BCUT2D eigenvalue weighted by Gasteiger charge is -2.10. The summed E-state index contributed by atoms with van der Waals surface area (Å²) in [5.41, 5.74) is 2.80. The Hall–Kier alpha value is -1.09. The van der Waals surface area contributed by atoms with Crippen LogP contribution in [-0.2, 0) is 5.41 Å². The molecule has 1 saturated carbocycles. The van der Waals surface area contributed by atoms with Gasteiger partial charge in [0.2, 0.25) is 0 Å². The number of nitrogens with zero attached hydrogens (tertiary/aromatic N) is 1. The summed E-state index contributed by atoms with van der Waals surface area (Å²) < 4.78 is 6.70. The van der Waals surface area contributed by atoms with Crippen LogP contribution in [0, 0.1) is 6.92 Å². The van der Waals surface area contributed by atoms with Crippen molar-refractivity contribution in [3.63, 3.8) is 0 Å². The van der Waals surface area contributed by atoms with Gasteiger partial charge in [-0.05, 0) is 42.9 Å². The number of aromatic nitrogens is 1. The highest BCUT2D eigenvalue weighted by Gasteiger charge is 2.39. The molecule has 0 saturated heterocycles. The van der Waals surface area contributed by atoms with Crippen LogP contribution in [0.15, 0.2) is 12.1 Å². The summed E-state index contributed by atoms with van der Waals surface area (Å²) in [5.74, 6) is 0.921. The summed E-state index contributed by atoms with van der Waals surface area (Å²) in [7, 11) is 1.72. The molecule has 1 aliphatic carbocycles. The van der Waals surface area contributed by atoms with Crippen molar-refractivity contribution in [3.05, 3.63) is 22.7 Å². The van der Waals surface area contributed by atoms with Crippen LogP contribution in [0.4, 0.5) is 0 Å². The molecule has 0 amide bonds.